The van der Waals surface area contributed by atoms with E-state index >= 15 is 0 Å². The maximum Gasteiger partial charge on any atom is 0.120 e. The van der Waals surface area contributed by atoms with E-state index in [9.17, 15) is 0 Å². The minimum Gasteiger partial charge on any atom is -0.492 e. The van der Waals surface area contributed by atoms with Crippen LogP contribution in [0, 0.1) is 0 Å². The second-order valence-electron chi connectivity index (χ2n) is 4.21. The standard InChI is InChI=1S/C13H18ClNO/c14-12-5-4-6-13(11-12)16-10-9-15-7-2-1-3-8-15/h4-6,11H,1-3,7-10H2. The van der Waals surface area contributed by atoms with Gasteiger partial charge in [0.2, 0.25) is 0 Å². The van der Waals surface area contributed by atoms with Crippen molar-refractivity contribution >= 4 is 11.6 Å². The SMILES string of the molecule is Clc1cccc(OCCN2CCCCC2)c1. The Morgan fingerprint density at radius 1 is 1.19 bits per heavy atom. The van der Waals surface area contributed by atoms with Crippen molar-refractivity contribution in [1.82, 2.24) is 4.90 Å². The number of halogens is 1. The quantitative estimate of drug-likeness (QED) is 0.800. The van der Waals surface area contributed by atoms with Crippen LogP contribution in [-0.4, -0.2) is 31.1 Å². The molecule has 1 fully saturated rings. The molecule has 1 saturated heterocycles. The number of benzene rings is 1. The summed E-state index contributed by atoms with van der Waals surface area (Å²) >= 11 is 5.88. The van der Waals surface area contributed by atoms with Gasteiger partial charge in [-0.15, -0.1) is 0 Å². The molecule has 1 aliphatic heterocycles. The third kappa shape index (κ3) is 3.69. The van der Waals surface area contributed by atoms with Crippen molar-refractivity contribution in [3.05, 3.63) is 29.3 Å². The Balaban J connectivity index is 1.71. The van der Waals surface area contributed by atoms with E-state index in [0.29, 0.717) is 0 Å². The van der Waals surface area contributed by atoms with Crippen LogP contribution in [0.2, 0.25) is 5.02 Å². The molecule has 1 heterocycles. The highest BCUT2D eigenvalue weighted by Crippen LogP contribution is 2.17. The smallest absolute Gasteiger partial charge is 0.120 e. The maximum absolute atomic E-state index is 5.88. The number of piperidine rings is 1. The zero-order valence-electron chi connectivity index (χ0n) is 9.49. The fourth-order valence-corrected chi connectivity index (χ4v) is 2.21. The normalized spacial score (nSPS) is 17.3. The molecule has 2 rings (SSSR count). The zero-order chi connectivity index (χ0) is 11.2. The van der Waals surface area contributed by atoms with Crippen molar-refractivity contribution in [2.45, 2.75) is 19.3 Å². The minimum absolute atomic E-state index is 0.732. The predicted molar refractivity (Wildman–Crippen MR) is 67.2 cm³/mol. The third-order valence-corrected chi connectivity index (χ3v) is 3.16. The number of nitrogens with zero attached hydrogens (tertiary/aromatic N) is 1. The molecule has 0 radical (unpaired) electrons. The lowest BCUT2D eigenvalue weighted by molar-refractivity contribution is 0.183. The van der Waals surface area contributed by atoms with Gasteiger partial charge in [-0.25, -0.2) is 0 Å². The molecule has 0 amide bonds. The first kappa shape index (κ1) is 11.7. The van der Waals surface area contributed by atoms with Gasteiger partial charge in [-0.05, 0) is 44.1 Å². The summed E-state index contributed by atoms with van der Waals surface area (Å²) in [6.07, 6.45) is 4.04. The molecule has 3 heteroatoms. The van der Waals surface area contributed by atoms with Crippen LogP contribution in [0.15, 0.2) is 24.3 Å². The molecular weight excluding hydrogens is 222 g/mol. The Morgan fingerprint density at radius 2 is 2.00 bits per heavy atom. The summed E-state index contributed by atoms with van der Waals surface area (Å²) in [6, 6.07) is 7.58. The Kier molecular flexibility index (Phi) is 4.49. The molecule has 1 aromatic rings. The van der Waals surface area contributed by atoms with Gasteiger partial charge in [0.05, 0.1) is 0 Å². The lowest BCUT2D eigenvalue weighted by atomic mass is 10.1. The highest BCUT2D eigenvalue weighted by Gasteiger charge is 2.09. The van der Waals surface area contributed by atoms with E-state index in [1.165, 1.54) is 32.4 Å². The molecule has 1 aliphatic rings. The van der Waals surface area contributed by atoms with Crippen LogP contribution in [0.1, 0.15) is 19.3 Å². The van der Waals surface area contributed by atoms with Gasteiger partial charge in [-0.1, -0.05) is 24.1 Å². The Morgan fingerprint density at radius 3 is 2.75 bits per heavy atom. The van der Waals surface area contributed by atoms with E-state index in [1.807, 2.05) is 24.3 Å². The van der Waals surface area contributed by atoms with Crippen LogP contribution in [0.4, 0.5) is 0 Å². The summed E-state index contributed by atoms with van der Waals surface area (Å²) < 4.78 is 5.66. The van der Waals surface area contributed by atoms with Crippen LogP contribution in [0.5, 0.6) is 5.75 Å². The number of hydrogen-bond acceptors (Lipinski definition) is 2. The van der Waals surface area contributed by atoms with Gasteiger partial charge in [-0.2, -0.15) is 0 Å². The first-order chi connectivity index (χ1) is 7.84. The van der Waals surface area contributed by atoms with Gasteiger partial charge in [0.1, 0.15) is 12.4 Å². The van der Waals surface area contributed by atoms with Crippen molar-refractivity contribution in [2.75, 3.05) is 26.2 Å². The summed E-state index contributed by atoms with van der Waals surface area (Å²) in [6.45, 7) is 4.21. The topological polar surface area (TPSA) is 12.5 Å². The summed E-state index contributed by atoms with van der Waals surface area (Å²) in [5, 5.41) is 0.732. The molecule has 0 atom stereocenters. The highest BCUT2D eigenvalue weighted by atomic mass is 35.5. The molecule has 2 nitrogen and oxygen atoms in total. The largest absolute Gasteiger partial charge is 0.492 e. The second-order valence-corrected chi connectivity index (χ2v) is 4.64. The summed E-state index contributed by atoms with van der Waals surface area (Å²) in [4.78, 5) is 2.47. The van der Waals surface area contributed by atoms with E-state index in [-0.39, 0.29) is 0 Å². The van der Waals surface area contributed by atoms with E-state index in [2.05, 4.69) is 4.90 Å². The summed E-state index contributed by atoms with van der Waals surface area (Å²) in [5.74, 6) is 0.865. The van der Waals surface area contributed by atoms with Crippen LogP contribution in [-0.2, 0) is 0 Å². The molecule has 0 N–H and O–H groups in total. The van der Waals surface area contributed by atoms with Crippen molar-refractivity contribution in [1.29, 1.82) is 0 Å². The minimum atomic E-state index is 0.732. The second kappa shape index (κ2) is 6.12. The average Bonchev–Trinajstić information content (AvgIpc) is 2.30. The van der Waals surface area contributed by atoms with Gasteiger partial charge >= 0.3 is 0 Å². The van der Waals surface area contributed by atoms with Crippen molar-refractivity contribution in [2.24, 2.45) is 0 Å². The number of hydrogen-bond donors (Lipinski definition) is 0. The van der Waals surface area contributed by atoms with Crippen LogP contribution >= 0.6 is 11.6 Å². The third-order valence-electron chi connectivity index (χ3n) is 2.92. The monoisotopic (exact) mass is 239 g/mol. The van der Waals surface area contributed by atoms with E-state index < -0.39 is 0 Å². The molecular formula is C13H18ClNO. The molecule has 0 saturated carbocycles. The van der Waals surface area contributed by atoms with E-state index in [0.717, 1.165) is 23.9 Å². The summed E-state index contributed by atoms with van der Waals surface area (Å²) in [7, 11) is 0. The van der Waals surface area contributed by atoms with Gasteiger partial charge in [0.15, 0.2) is 0 Å². The average molecular weight is 240 g/mol. The Labute approximate surface area is 102 Å². The summed E-state index contributed by atoms with van der Waals surface area (Å²) in [5.41, 5.74) is 0. The molecule has 0 aromatic heterocycles. The van der Waals surface area contributed by atoms with Crippen LogP contribution in [0.3, 0.4) is 0 Å². The Hall–Kier alpha value is -0.730. The van der Waals surface area contributed by atoms with Gasteiger partial charge < -0.3 is 4.74 Å². The fraction of sp³-hybridized carbons (Fsp3) is 0.538. The first-order valence-corrected chi connectivity index (χ1v) is 6.33. The number of ether oxygens (including phenoxy) is 1. The van der Waals surface area contributed by atoms with Gasteiger partial charge in [-0.3, -0.25) is 4.90 Å². The lowest BCUT2D eigenvalue weighted by Gasteiger charge is -2.26. The highest BCUT2D eigenvalue weighted by molar-refractivity contribution is 6.30. The molecule has 88 valence electrons. The fourth-order valence-electron chi connectivity index (χ4n) is 2.03. The van der Waals surface area contributed by atoms with E-state index in [1.54, 1.807) is 0 Å². The molecule has 1 aromatic carbocycles. The van der Waals surface area contributed by atoms with Crippen LogP contribution in [0.25, 0.3) is 0 Å². The van der Waals surface area contributed by atoms with Gasteiger partial charge in [0.25, 0.3) is 0 Å². The lowest BCUT2D eigenvalue weighted by Crippen LogP contribution is -2.33. The number of rotatable bonds is 4. The molecule has 0 spiro atoms. The molecule has 0 unspecified atom stereocenters. The molecule has 16 heavy (non-hydrogen) atoms. The van der Waals surface area contributed by atoms with E-state index in [4.69, 9.17) is 16.3 Å². The molecule has 0 bridgehead atoms. The van der Waals surface area contributed by atoms with Gasteiger partial charge in [0, 0.05) is 11.6 Å². The van der Waals surface area contributed by atoms with Crippen LogP contribution < -0.4 is 4.74 Å². The van der Waals surface area contributed by atoms with Crippen molar-refractivity contribution < 1.29 is 4.74 Å². The Bertz CT molecular complexity index is 323. The maximum atomic E-state index is 5.88. The first-order valence-electron chi connectivity index (χ1n) is 5.95. The number of likely N-dealkylation sites (tertiary alicyclic amines) is 1. The predicted octanol–water partition coefficient (Wildman–Crippen LogP) is 3.20. The zero-order valence-corrected chi connectivity index (χ0v) is 10.2. The van der Waals surface area contributed by atoms with Crippen molar-refractivity contribution in [3.63, 3.8) is 0 Å². The molecule has 0 aliphatic carbocycles. The van der Waals surface area contributed by atoms with Crippen molar-refractivity contribution in [3.8, 4) is 5.75 Å².